The molecule has 0 unspecified atom stereocenters. The summed E-state index contributed by atoms with van der Waals surface area (Å²) in [6.07, 6.45) is 2.38. The largest absolute Gasteiger partial charge is 0.355 e. The summed E-state index contributed by atoms with van der Waals surface area (Å²) in [5.41, 5.74) is 19.9. The van der Waals surface area contributed by atoms with Crippen LogP contribution in [0, 0.1) is 6.92 Å². The monoisotopic (exact) mass is 815 g/mol. The number of hydrogen-bond donors (Lipinski definition) is 1. The van der Waals surface area contributed by atoms with Crippen LogP contribution in [0.3, 0.4) is 0 Å². The van der Waals surface area contributed by atoms with Gasteiger partial charge in [-0.15, -0.1) is 11.3 Å². The molecule has 1 aliphatic carbocycles. The first-order valence-corrected chi connectivity index (χ1v) is 22.9. The molecule has 0 spiro atoms. The lowest BCUT2D eigenvalue weighted by Gasteiger charge is -2.49. The number of benzene rings is 8. The molecule has 0 saturated carbocycles. The molecule has 2 aliphatic heterocycles. The quantitative estimate of drug-likeness (QED) is 0.174. The maximum absolute atomic E-state index is 4.06. The summed E-state index contributed by atoms with van der Waals surface area (Å²) in [7, 11) is 2.47. The molecule has 4 heteroatoms. The van der Waals surface area contributed by atoms with Gasteiger partial charge in [0.1, 0.15) is 0 Å². The highest BCUT2D eigenvalue weighted by Gasteiger charge is 2.48. The standard InChI is InChI=1S/C58H48BN2S/c1-36-31-43(41-35-53-42(40-21-12-15-26-52(40)62-53)34-49(41)60-39-27-28-44-47(33-39)57(4,5)30-29-56(44,2)3)54-51(32-36)61-50-25-14-13-22-45(50)58(37-17-8-6-9-18-37,38-19-10-7-11-20-38)46-23-16-24-48(59-54)55(46)61/h6-28,31-35,60H,29-30H2,1-5H3. The summed E-state index contributed by atoms with van der Waals surface area (Å²) in [5, 5.41) is 6.66. The fourth-order valence-corrected chi connectivity index (χ4v) is 12.4. The zero-order valence-electron chi connectivity index (χ0n) is 36.0. The molecule has 0 saturated heterocycles. The third-order valence-corrected chi connectivity index (χ3v) is 15.6. The summed E-state index contributed by atoms with van der Waals surface area (Å²) >= 11 is 1.89. The molecule has 62 heavy (non-hydrogen) atoms. The Hall–Kier alpha value is -6.36. The van der Waals surface area contributed by atoms with Crippen LogP contribution in [0.1, 0.15) is 79.5 Å². The maximum atomic E-state index is 4.06. The van der Waals surface area contributed by atoms with Crippen molar-refractivity contribution in [2.45, 2.75) is 63.7 Å². The third kappa shape index (κ3) is 5.42. The average Bonchev–Trinajstić information content (AvgIpc) is 3.66. The van der Waals surface area contributed by atoms with Crippen LogP contribution in [-0.4, -0.2) is 7.28 Å². The van der Waals surface area contributed by atoms with Crippen LogP contribution in [0.15, 0.2) is 170 Å². The molecular formula is C58H48BN2S. The van der Waals surface area contributed by atoms with Gasteiger partial charge in [0.25, 0.3) is 0 Å². The van der Waals surface area contributed by atoms with Crippen LogP contribution in [0.25, 0.3) is 31.3 Å². The second kappa shape index (κ2) is 13.6. The Kier molecular flexibility index (Phi) is 8.19. The first-order chi connectivity index (χ1) is 30.1. The van der Waals surface area contributed by atoms with E-state index in [1.54, 1.807) is 0 Å². The van der Waals surface area contributed by atoms with Crippen LogP contribution in [0.4, 0.5) is 28.4 Å². The van der Waals surface area contributed by atoms with Crippen molar-refractivity contribution in [2.75, 3.05) is 10.2 Å². The van der Waals surface area contributed by atoms with Crippen LogP contribution in [0.5, 0.6) is 0 Å². The fraction of sp³-hybridized carbons (Fsp3) is 0.172. The molecule has 3 heterocycles. The Morgan fingerprint density at radius 3 is 1.98 bits per heavy atom. The van der Waals surface area contributed by atoms with Crippen molar-refractivity contribution in [3.05, 3.63) is 209 Å². The molecule has 0 fully saturated rings. The first-order valence-electron chi connectivity index (χ1n) is 22.1. The Balaban J connectivity index is 1.10. The smallest absolute Gasteiger partial charge is 0.197 e. The summed E-state index contributed by atoms with van der Waals surface area (Å²) in [6.45, 7) is 11.9. The van der Waals surface area contributed by atoms with Gasteiger partial charge in [-0.2, -0.15) is 0 Å². The highest BCUT2D eigenvalue weighted by atomic mass is 32.1. The van der Waals surface area contributed by atoms with Crippen LogP contribution < -0.4 is 21.1 Å². The SMILES string of the molecule is Cc1cc(-c2cc3sc4ccccc4c3cc2Nc2ccc3c(c2)C(C)(C)CCC3(C)C)c2c(c1)N1c3ccccc3C(c3ccccc3)(c3ccccc3)c3cccc(c31)[B]2. The van der Waals surface area contributed by atoms with Crippen molar-refractivity contribution in [3.63, 3.8) is 0 Å². The molecule has 299 valence electrons. The number of aryl methyl sites for hydroxylation is 1. The third-order valence-electron chi connectivity index (χ3n) is 14.4. The molecule has 0 bridgehead atoms. The predicted molar refractivity (Wildman–Crippen MR) is 266 cm³/mol. The lowest BCUT2D eigenvalue weighted by atomic mass is 9.54. The lowest BCUT2D eigenvalue weighted by Crippen LogP contribution is -2.47. The summed E-state index contributed by atoms with van der Waals surface area (Å²) in [6, 6.07) is 64.0. The number of nitrogens with zero attached hydrogens (tertiary/aromatic N) is 1. The number of thiophene rings is 1. The lowest BCUT2D eigenvalue weighted by molar-refractivity contribution is 0.332. The second-order valence-electron chi connectivity index (χ2n) is 19.1. The number of nitrogens with one attached hydrogen (secondary N) is 1. The van der Waals surface area contributed by atoms with Gasteiger partial charge >= 0.3 is 0 Å². The molecule has 8 aromatic carbocycles. The van der Waals surface area contributed by atoms with E-state index in [9.17, 15) is 0 Å². The van der Waals surface area contributed by atoms with Gasteiger partial charge in [-0.3, -0.25) is 0 Å². The van der Waals surface area contributed by atoms with E-state index < -0.39 is 5.41 Å². The van der Waals surface area contributed by atoms with E-state index in [4.69, 9.17) is 0 Å². The molecule has 1 aromatic heterocycles. The van der Waals surface area contributed by atoms with E-state index in [0.29, 0.717) is 0 Å². The van der Waals surface area contributed by atoms with Crippen molar-refractivity contribution >= 4 is 78.2 Å². The molecule has 3 aliphatic rings. The zero-order valence-corrected chi connectivity index (χ0v) is 36.8. The summed E-state index contributed by atoms with van der Waals surface area (Å²) in [4.78, 5) is 2.58. The molecule has 1 radical (unpaired) electrons. The van der Waals surface area contributed by atoms with E-state index in [1.165, 1.54) is 111 Å². The van der Waals surface area contributed by atoms with Crippen molar-refractivity contribution < 1.29 is 0 Å². The molecule has 12 rings (SSSR count). The minimum absolute atomic E-state index is 0.110. The second-order valence-corrected chi connectivity index (χ2v) is 20.2. The van der Waals surface area contributed by atoms with Gasteiger partial charge < -0.3 is 10.2 Å². The molecule has 9 aromatic rings. The van der Waals surface area contributed by atoms with E-state index in [-0.39, 0.29) is 10.8 Å². The van der Waals surface area contributed by atoms with Crippen LogP contribution >= 0.6 is 11.3 Å². The minimum Gasteiger partial charge on any atom is -0.355 e. The number of fused-ring (bicyclic) bond motifs is 8. The van der Waals surface area contributed by atoms with Crippen molar-refractivity contribution in [1.82, 2.24) is 0 Å². The molecule has 0 atom stereocenters. The van der Waals surface area contributed by atoms with E-state index in [1.807, 2.05) is 11.3 Å². The molecule has 2 nitrogen and oxygen atoms in total. The van der Waals surface area contributed by atoms with Crippen LogP contribution in [-0.2, 0) is 16.2 Å². The Labute approximate surface area is 370 Å². The number of hydrogen-bond acceptors (Lipinski definition) is 3. The van der Waals surface area contributed by atoms with E-state index >= 15 is 0 Å². The van der Waals surface area contributed by atoms with Gasteiger partial charge in [-0.1, -0.05) is 161 Å². The van der Waals surface area contributed by atoms with Crippen molar-refractivity contribution in [2.24, 2.45) is 0 Å². The maximum Gasteiger partial charge on any atom is 0.197 e. The van der Waals surface area contributed by atoms with E-state index in [0.717, 1.165) is 11.4 Å². The van der Waals surface area contributed by atoms with Gasteiger partial charge in [0, 0.05) is 48.5 Å². The highest BCUT2D eigenvalue weighted by molar-refractivity contribution is 7.25. The predicted octanol–water partition coefficient (Wildman–Crippen LogP) is 14.3. The van der Waals surface area contributed by atoms with Gasteiger partial charge in [-0.25, -0.2) is 0 Å². The first kappa shape index (κ1) is 37.4. The Bertz CT molecular complexity index is 3230. The minimum atomic E-state index is -0.513. The van der Waals surface area contributed by atoms with Crippen molar-refractivity contribution in [3.8, 4) is 11.1 Å². The van der Waals surface area contributed by atoms with Gasteiger partial charge in [0.15, 0.2) is 7.28 Å². The fourth-order valence-electron chi connectivity index (χ4n) is 11.3. The Morgan fingerprint density at radius 1 is 0.532 bits per heavy atom. The highest BCUT2D eigenvalue weighted by Crippen LogP contribution is 2.58. The van der Waals surface area contributed by atoms with Gasteiger partial charge in [-0.05, 0) is 123 Å². The zero-order chi connectivity index (χ0) is 42.0. The Morgan fingerprint density at radius 2 is 1.21 bits per heavy atom. The number of rotatable bonds is 5. The van der Waals surface area contributed by atoms with Crippen LogP contribution in [0.2, 0.25) is 0 Å². The average molecular weight is 816 g/mol. The summed E-state index contributed by atoms with van der Waals surface area (Å²) in [5.74, 6) is 0. The molecule has 1 N–H and O–H groups in total. The number of anilines is 5. The normalized spacial score (nSPS) is 16.2. The number of para-hydroxylation sites is 2. The summed E-state index contributed by atoms with van der Waals surface area (Å²) < 4.78 is 2.61. The molecule has 0 amide bonds. The van der Waals surface area contributed by atoms with Crippen molar-refractivity contribution in [1.29, 1.82) is 0 Å². The van der Waals surface area contributed by atoms with E-state index in [2.05, 4.69) is 222 Å². The van der Waals surface area contributed by atoms with Gasteiger partial charge in [0.05, 0.1) is 11.1 Å². The topological polar surface area (TPSA) is 15.3 Å². The van der Waals surface area contributed by atoms with Gasteiger partial charge in [0.2, 0.25) is 0 Å². The molecular weight excluding hydrogens is 768 g/mol.